The van der Waals surface area contributed by atoms with Crippen molar-refractivity contribution in [2.45, 2.75) is 26.7 Å². The van der Waals surface area contributed by atoms with Crippen molar-refractivity contribution < 1.29 is 42.6 Å². The summed E-state index contributed by atoms with van der Waals surface area (Å²) in [6, 6.07) is 2.12. The third-order valence-electron chi connectivity index (χ3n) is 3.60. The van der Waals surface area contributed by atoms with E-state index >= 15 is 0 Å². The molecule has 4 heteroatoms. The van der Waals surface area contributed by atoms with Gasteiger partial charge in [-0.3, -0.25) is 0 Å². The van der Waals surface area contributed by atoms with Crippen molar-refractivity contribution >= 4 is 17.2 Å². The van der Waals surface area contributed by atoms with Crippen LogP contribution in [0.25, 0.3) is 5.57 Å². The van der Waals surface area contributed by atoms with Gasteiger partial charge in [-0.05, 0) is 60.6 Å². The summed E-state index contributed by atoms with van der Waals surface area (Å²) in [6.45, 7) is 4.21. The summed E-state index contributed by atoms with van der Waals surface area (Å²) < 4.78 is 0. The van der Waals surface area contributed by atoms with E-state index in [1.807, 2.05) is 14.1 Å². The Morgan fingerprint density at radius 1 is 1.32 bits per heavy atom. The second-order valence-electron chi connectivity index (χ2n) is 5.10. The minimum atomic E-state index is -0.857. The number of anilines is 1. The molecule has 99 valence electrons. The van der Waals surface area contributed by atoms with E-state index in [1.165, 1.54) is 28.5 Å². The van der Waals surface area contributed by atoms with E-state index < -0.39 is 5.97 Å². The van der Waals surface area contributed by atoms with Crippen LogP contribution in [-0.2, 0) is 43.9 Å². The van der Waals surface area contributed by atoms with Crippen LogP contribution in [-0.4, -0.2) is 25.2 Å². The fraction of sp³-hybridized carbons (Fsp3) is 0.400. The smallest absolute Gasteiger partial charge is 0.328 e. The van der Waals surface area contributed by atoms with E-state index in [0.29, 0.717) is 0 Å². The molecule has 0 atom stereocenters. The van der Waals surface area contributed by atoms with E-state index in [1.54, 1.807) is 0 Å². The molecule has 0 heterocycles. The first-order valence-corrected chi connectivity index (χ1v) is 6.16. The quantitative estimate of drug-likeness (QED) is 0.846. The molecule has 0 aliphatic heterocycles. The Balaban J connectivity index is 0.00000180. The van der Waals surface area contributed by atoms with Crippen molar-refractivity contribution in [3.05, 3.63) is 34.4 Å². The number of hydrogen-bond acceptors (Lipinski definition) is 2. The van der Waals surface area contributed by atoms with Gasteiger partial charge < -0.3 is 10.0 Å². The topological polar surface area (TPSA) is 40.5 Å². The monoisotopic (exact) mass is 334 g/mol. The zero-order valence-corrected chi connectivity index (χ0v) is 14.8. The molecule has 1 aliphatic rings. The predicted molar refractivity (Wildman–Crippen MR) is 74.2 cm³/mol. The molecule has 0 aromatic heterocycles. The zero-order valence-electron chi connectivity index (χ0n) is 11.9. The third-order valence-corrected chi connectivity index (χ3v) is 3.60. The molecule has 0 spiro atoms. The molecular formula is C15H19NO2Y. The fourth-order valence-corrected chi connectivity index (χ4v) is 3.00. The van der Waals surface area contributed by atoms with Crippen LogP contribution in [0.3, 0.4) is 0 Å². The van der Waals surface area contributed by atoms with Crippen LogP contribution in [0.15, 0.2) is 12.1 Å². The van der Waals surface area contributed by atoms with Gasteiger partial charge in [-0.2, -0.15) is 0 Å². The summed E-state index contributed by atoms with van der Waals surface area (Å²) in [5, 5.41) is 8.90. The van der Waals surface area contributed by atoms with Crippen molar-refractivity contribution in [3.63, 3.8) is 0 Å². The third kappa shape index (κ3) is 3.09. The van der Waals surface area contributed by atoms with Gasteiger partial charge in [0, 0.05) is 58.6 Å². The second-order valence-corrected chi connectivity index (χ2v) is 5.10. The number of nitrogens with zero attached hydrogens (tertiary/aromatic N) is 1. The fourth-order valence-electron chi connectivity index (χ4n) is 3.00. The standard InChI is InChI=1S/C15H19NO2.Y/c1-9-7-13-11(8-14(17)18)5-6-12(13)10(2)15(9)16(3)4;/h7-8H,5-6H2,1-4H3,(H,17,18);/b11-8-;. The summed E-state index contributed by atoms with van der Waals surface area (Å²) >= 11 is 0. The maximum absolute atomic E-state index is 10.8. The van der Waals surface area contributed by atoms with Crippen molar-refractivity contribution in [1.82, 2.24) is 0 Å². The number of fused-ring (bicyclic) bond motifs is 1. The van der Waals surface area contributed by atoms with Gasteiger partial charge in [-0.15, -0.1) is 0 Å². The minimum Gasteiger partial charge on any atom is -0.478 e. The minimum absolute atomic E-state index is 0. The number of aryl methyl sites for hydroxylation is 1. The number of carboxylic acid groups (broad SMARTS) is 1. The molecule has 0 amide bonds. The van der Waals surface area contributed by atoms with Crippen molar-refractivity contribution in [1.29, 1.82) is 0 Å². The molecule has 19 heavy (non-hydrogen) atoms. The number of benzene rings is 1. The first-order valence-electron chi connectivity index (χ1n) is 6.16. The van der Waals surface area contributed by atoms with E-state index in [4.69, 9.17) is 5.11 Å². The largest absolute Gasteiger partial charge is 0.478 e. The summed E-state index contributed by atoms with van der Waals surface area (Å²) in [6.07, 6.45) is 3.13. The summed E-state index contributed by atoms with van der Waals surface area (Å²) in [5.41, 5.74) is 7.12. The van der Waals surface area contributed by atoms with Crippen LogP contribution >= 0.6 is 0 Å². The molecule has 0 saturated carbocycles. The van der Waals surface area contributed by atoms with Crippen LogP contribution < -0.4 is 4.90 Å². The van der Waals surface area contributed by atoms with Gasteiger partial charge in [-0.1, -0.05) is 0 Å². The van der Waals surface area contributed by atoms with Gasteiger partial charge in [-0.25, -0.2) is 4.79 Å². The Kier molecular flexibility index (Phi) is 5.34. The zero-order chi connectivity index (χ0) is 13.4. The SMILES string of the molecule is Cc1cc2c(c(C)c1N(C)C)CC/C2=C/C(=O)O.[Y]. The van der Waals surface area contributed by atoms with E-state index in [9.17, 15) is 4.79 Å². The van der Waals surface area contributed by atoms with Crippen LogP contribution in [0, 0.1) is 13.8 Å². The average Bonchev–Trinajstić information content (AvgIpc) is 2.60. The van der Waals surface area contributed by atoms with Gasteiger partial charge in [0.05, 0.1) is 0 Å². The first kappa shape index (κ1) is 16.4. The average molecular weight is 334 g/mol. The Morgan fingerprint density at radius 3 is 2.47 bits per heavy atom. The number of allylic oxidation sites excluding steroid dienone is 1. The molecule has 1 aliphatic carbocycles. The molecule has 1 N–H and O–H groups in total. The molecule has 0 bridgehead atoms. The molecular weight excluding hydrogens is 315 g/mol. The van der Waals surface area contributed by atoms with E-state index in [0.717, 1.165) is 24.0 Å². The second kappa shape index (κ2) is 6.19. The number of rotatable bonds is 2. The Morgan fingerprint density at radius 2 is 1.95 bits per heavy atom. The number of aliphatic carboxylic acids is 1. The Labute approximate surface area is 139 Å². The van der Waals surface area contributed by atoms with Gasteiger partial charge in [0.2, 0.25) is 0 Å². The number of carboxylic acids is 1. The van der Waals surface area contributed by atoms with E-state index in [-0.39, 0.29) is 32.7 Å². The molecule has 0 fully saturated rings. The molecule has 2 rings (SSSR count). The summed E-state index contributed by atoms with van der Waals surface area (Å²) in [5.74, 6) is -0.857. The van der Waals surface area contributed by atoms with Gasteiger partial charge in [0.15, 0.2) is 0 Å². The molecule has 1 radical (unpaired) electrons. The van der Waals surface area contributed by atoms with Crippen molar-refractivity contribution in [2.24, 2.45) is 0 Å². The number of carbonyl (C=O) groups is 1. The van der Waals surface area contributed by atoms with Crippen molar-refractivity contribution in [3.8, 4) is 0 Å². The Bertz CT molecular complexity index is 548. The molecule has 1 aromatic carbocycles. The first-order chi connectivity index (χ1) is 8.41. The summed E-state index contributed by atoms with van der Waals surface area (Å²) in [4.78, 5) is 13.0. The van der Waals surface area contributed by atoms with Crippen molar-refractivity contribution in [2.75, 3.05) is 19.0 Å². The normalized spacial score (nSPS) is 15.1. The number of hydrogen-bond donors (Lipinski definition) is 1. The molecule has 0 saturated heterocycles. The van der Waals surface area contributed by atoms with Crippen LogP contribution in [0.5, 0.6) is 0 Å². The van der Waals surface area contributed by atoms with Crippen LogP contribution in [0.4, 0.5) is 5.69 Å². The molecule has 1 aromatic rings. The van der Waals surface area contributed by atoms with E-state index in [2.05, 4.69) is 24.8 Å². The van der Waals surface area contributed by atoms with Crippen LogP contribution in [0.2, 0.25) is 0 Å². The summed E-state index contributed by atoms with van der Waals surface area (Å²) in [7, 11) is 4.09. The van der Waals surface area contributed by atoms with Gasteiger partial charge in [0.25, 0.3) is 0 Å². The van der Waals surface area contributed by atoms with Crippen LogP contribution in [0.1, 0.15) is 28.7 Å². The molecule has 3 nitrogen and oxygen atoms in total. The van der Waals surface area contributed by atoms with Gasteiger partial charge in [0.1, 0.15) is 0 Å². The maximum atomic E-state index is 10.8. The predicted octanol–water partition coefficient (Wildman–Crippen LogP) is 2.78. The maximum Gasteiger partial charge on any atom is 0.328 e. The van der Waals surface area contributed by atoms with Gasteiger partial charge >= 0.3 is 5.97 Å². The Hall–Kier alpha value is -0.666. The molecule has 0 unspecified atom stereocenters.